The van der Waals surface area contributed by atoms with Gasteiger partial charge < -0.3 is 9.84 Å². The van der Waals surface area contributed by atoms with E-state index in [0.717, 1.165) is 26.2 Å². The number of aliphatic carboxylic acids is 1. The van der Waals surface area contributed by atoms with Crippen LogP contribution in [0.1, 0.15) is 17.3 Å². The van der Waals surface area contributed by atoms with Crippen molar-refractivity contribution in [3.8, 4) is 0 Å². The van der Waals surface area contributed by atoms with E-state index in [-0.39, 0.29) is 5.56 Å². The van der Waals surface area contributed by atoms with Crippen LogP contribution in [0.4, 0.5) is 4.39 Å². The summed E-state index contributed by atoms with van der Waals surface area (Å²) in [5, 5.41) is 8.56. The molecule has 8 nitrogen and oxygen atoms in total. The Bertz CT molecular complexity index is 659. The first-order valence-electron chi connectivity index (χ1n) is 5.46. The number of benzene rings is 1. The van der Waals surface area contributed by atoms with E-state index in [1.165, 1.54) is 0 Å². The van der Waals surface area contributed by atoms with Gasteiger partial charge in [-0.3, -0.25) is 4.84 Å². The molecule has 0 radical (unpaired) electrons. The third-order valence-electron chi connectivity index (χ3n) is 2.29. The normalized spacial score (nSPS) is 12.7. The lowest BCUT2D eigenvalue weighted by atomic mass is 10.2. The third kappa shape index (κ3) is 4.48. The first-order chi connectivity index (χ1) is 9.67. The molecule has 0 aromatic heterocycles. The Hall–Kier alpha value is -2.04. The molecule has 0 heterocycles. The highest BCUT2D eigenvalue weighted by Gasteiger charge is 2.21. The van der Waals surface area contributed by atoms with Crippen LogP contribution in [-0.2, 0) is 24.4 Å². The Morgan fingerprint density at radius 1 is 1.33 bits per heavy atom. The number of ether oxygens (including phenoxy) is 1. The number of methoxy groups -OCH3 is 1. The molecule has 0 unspecified atom stereocenters. The summed E-state index contributed by atoms with van der Waals surface area (Å²) in [6, 6.07) is 2.31. The summed E-state index contributed by atoms with van der Waals surface area (Å²) in [6.07, 6.45) is -1.45. The van der Waals surface area contributed by atoms with Gasteiger partial charge in [0, 0.05) is 0 Å². The van der Waals surface area contributed by atoms with Gasteiger partial charge in [0.15, 0.2) is 6.10 Å². The minimum absolute atomic E-state index is 0.316. The molecule has 1 aromatic rings. The van der Waals surface area contributed by atoms with Crippen molar-refractivity contribution in [1.29, 1.82) is 0 Å². The topological polar surface area (TPSA) is 119 Å². The van der Waals surface area contributed by atoms with Crippen LogP contribution in [0.2, 0.25) is 0 Å². The minimum Gasteiger partial charge on any atom is -0.479 e. The molecular weight excluding hydrogens is 309 g/mol. The number of rotatable bonds is 6. The zero-order valence-electron chi connectivity index (χ0n) is 11.0. The molecular formula is C11H12FNO7S. The summed E-state index contributed by atoms with van der Waals surface area (Å²) in [4.78, 5) is 27.1. The summed E-state index contributed by atoms with van der Waals surface area (Å²) in [7, 11) is -3.31. The van der Waals surface area contributed by atoms with Crippen LogP contribution in [0.5, 0.6) is 0 Å². The molecule has 0 amide bonds. The van der Waals surface area contributed by atoms with Crippen LogP contribution in [0.3, 0.4) is 0 Å². The fourth-order valence-corrected chi connectivity index (χ4v) is 2.10. The summed E-state index contributed by atoms with van der Waals surface area (Å²) in [6.45, 7) is 1.09. The zero-order chi connectivity index (χ0) is 16.2. The highest BCUT2D eigenvalue weighted by molar-refractivity contribution is 7.89. The third-order valence-corrected chi connectivity index (χ3v) is 3.46. The lowest BCUT2D eigenvalue weighted by Crippen LogP contribution is -2.32. The Morgan fingerprint density at radius 3 is 2.48 bits per heavy atom. The maximum atomic E-state index is 13.3. The fourth-order valence-electron chi connectivity index (χ4n) is 1.19. The highest BCUT2D eigenvalue weighted by Crippen LogP contribution is 2.15. The average molecular weight is 321 g/mol. The Labute approximate surface area is 119 Å². The number of carboxylic acid groups (broad SMARTS) is 1. The second-order valence-electron chi connectivity index (χ2n) is 3.85. The SMILES string of the molecule is COC(=O)c1cc(F)cc(S(=O)(=O)NO[C@H](C)C(=O)O)c1. The molecule has 1 atom stereocenters. The van der Waals surface area contributed by atoms with E-state index < -0.39 is 38.8 Å². The second kappa shape index (κ2) is 6.61. The van der Waals surface area contributed by atoms with Crippen molar-refractivity contribution in [2.45, 2.75) is 17.9 Å². The van der Waals surface area contributed by atoms with Crippen molar-refractivity contribution >= 4 is 22.0 Å². The van der Waals surface area contributed by atoms with E-state index in [9.17, 15) is 22.4 Å². The van der Waals surface area contributed by atoms with Crippen LogP contribution in [-0.4, -0.2) is 38.7 Å². The summed E-state index contributed by atoms with van der Waals surface area (Å²) >= 11 is 0. The van der Waals surface area contributed by atoms with Gasteiger partial charge in [0.25, 0.3) is 10.0 Å². The molecule has 0 saturated carbocycles. The van der Waals surface area contributed by atoms with Crippen LogP contribution >= 0.6 is 0 Å². The number of carbonyl (C=O) groups is 2. The molecule has 0 bridgehead atoms. The van der Waals surface area contributed by atoms with Crippen LogP contribution < -0.4 is 4.89 Å². The van der Waals surface area contributed by atoms with E-state index in [1.807, 2.05) is 0 Å². The van der Waals surface area contributed by atoms with Gasteiger partial charge in [-0.25, -0.2) is 22.4 Å². The molecule has 21 heavy (non-hydrogen) atoms. The molecule has 0 aliphatic carbocycles. The van der Waals surface area contributed by atoms with Gasteiger partial charge in [0.2, 0.25) is 0 Å². The molecule has 0 spiro atoms. The quantitative estimate of drug-likeness (QED) is 0.571. The van der Waals surface area contributed by atoms with Gasteiger partial charge in [0.1, 0.15) is 5.82 Å². The molecule has 0 saturated heterocycles. The summed E-state index contributed by atoms with van der Waals surface area (Å²) in [5.74, 6) is -3.30. The Morgan fingerprint density at radius 2 is 1.95 bits per heavy atom. The van der Waals surface area contributed by atoms with Crippen molar-refractivity contribution in [1.82, 2.24) is 4.89 Å². The van der Waals surface area contributed by atoms with Gasteiger partial charge in [-0.2, -0.15) is 0 Å². The van der Waals surface area contributed by atoms with Gasteiger partial charge in [0.05, 0.1) is 17.6 Å². The van der Waals surface area contributed by atoms with Gasteiger partial charge in [-0.15, -0.1) is 0 Å². The molecule has 0 aliphatic heterocycles. The molecule has 0 aliphatic rings. The number of hydrogen-bond donors (Lipinski definition) is 2. The average Bonchev–Trinajstić information content (AvgIpc) is 2.43. The molecule has 2 N–H and O–H groups in total. The van der Waals surface area contributed by atoms with Crippen molar-refractivity contribution in [3.05, 3.63) is 29.6 Å². The molecule has 0 fully saturated rings. The van der Waals surface area contributed by atoms with Crippen molar-refractivity contribution in [2.75, 3.05) is 7.11 Å². The van der Waals surface area contributed by atoms with E-state index in [1.54, 1.807) is 4.89 Å². The number of hydrogen-bond acceptors (Lipinski definition) is 6. The van der Waals surface area contributed by atoms with Crippen LogP contribution in [0.15, 0.2) is 23.1 Å². The number of sulfonamides is 1. The predicted molar refractivity (Wildman–Crippen MR) is 66.2 cm³/mol. The van der Waals surface area contributed by atoms with Crippen molar-refractivity contribution in [2.24, 2.45) is 0 Å². The van der Waals surface area contributed by atoms with Gasteiger partial charge in [-0.05, 0) is 25.1 Å². The lowest BCUT2D eigenvalue weighted by Gasteiger charge is -2.10. The number of carboxylic acids is 1. The number of nitrogens with one attached hydrogen (secondary N) is 1. The maximum absolute atomic E-state index is 13.3. The van der Waals surface area contributed by atoms with E-state index in [2.05, 4.69) is 9.57 Å². The van der Waals surface area contributed by atoms with Crippen molar-refractivity contribution in [3.63, 3.8) is 0 Å². The minimum atomic E-state index is -4.36. The lowest BCUT2D eigenvalue weighted by molar-refractivity contribution is -0.151. The van der Waals surface area contributed by atoms with Crippen molar-refractivity contribution < 1.29 is 37.1 Å². The molecule has 1 aromatic carbocycles. The molecule has 116 valence electrons. The molecule has 1 rings (SSSR count). The standard InChI is InChI=1S/C11H12FNO7S/c1-6(10(14)15)20-13-21(17,18)9-4-7(11(16)19-2)3-8(12)5-9/h3-6,13H,1-2H3,(H,14,15)/t6-/m1/s1. The Kier molecular flexibility index (Phi) is 5.35. The van der Waals surface area contributed by atoms with E-state index >= 15 is 0 Å². The largest absolute Gasteiger partial charge is 0.479 e. The maximum Gasteiger partial charge on any atom is 0.337 e. The fraction of sp³-hybridized carbons (Fsp3) is 0.273. The molecule has 10 heteroatoms. The number of halogens is 1. The first-order valence-corrected chi connectivity index (χ1v) is 6.95. The van der Waals surface area contributed by atoms with Gasteiger partial charge >= 0.3 is 11.9 Å². The van der Waals surface area contributed by atoms with E-state index in [0.29, 0.717) is 6.07 Å². The first kappa shape index (κ1) is 17.0. The number of carbonyl (C=O) groups excluding carboxylic acids is 1. The van der Waals surface area contributed by atoms with Crippen LogP contribution in [0.25, 0.3) is 0 Å². The predicted octanol–water partition coefficient (Wildman–Crippen LogP) is 0.295. The van der Waals surface area contributed by atoms with E-state index in [4.69, 9.17) is 5.11 Å². The summed E-state index contributed by atoms with van der Waals surface area (Å²) in [5.41, 5.74) is -0.316. The monoisotopic (exact) mass is 321 g/mol. The summed E-state index contributed by atoms with van der Waals surface area (Å²) < 4.78 is 41.4. The van der Waals surface area contributed by atoms with Crippen LogP contribution in [0, 0.1) is 5.82 Å². The smallest absolute Gasteiger partial charge is 0.337 e. The Balaban J connectivity index is 3.05. The van der Waals surface area contributed by atoms with Gasteiger partial charge in [-0.1, -0.05) is 4.89 Å². The second-order valence-corrected chi connectivity index (χ2v) is 5.50. The highest BCUT2D eigenvalue weighted by atomic mass is 32.2. The number of esters is 1. The zero-order valence-corrected chi connectivity index (χ0v) is 11.8.